The molecule has 0 bridgehead atoms. The molecule has 1 heterocycles. The van der Waals surface area contributed by atoms with Crippen LogP contribution in [0.5, 0.6) is 0 Å². The van der Waals surface area contributed by atoms with Gasteiger partial charge < -0.3 is 9.64 Å². The van der Waals surface area contributed by atoms with Crippen molar-refractivity contribution in [2.45, 2.75) is 0 Å². The molecule has 2 aliphatic rings. The number of Topliss-reactive ketones (excluding diaryl/α,β-unsaturated/α-hetero) is 2. The van der Waals surface area contributed by atoms with Crippen LogP contribution in [0, 0.1) is 0 Å². The minimum Gasteiger partial charge on any atom is -0.468 e. The van der Waals surface area contributed by atoms with E-state index >= 15 is 0 Å². The molecule has 0 fully saturated rings. The van der Waals surface area contributed by atoms with E-state index in [0.29, 0.717) is 28.3 Å². The van der Waals surface area contributed by atoms with Crippen molar-refractivity contribution in [3.63, 3.8) is 0 Å². The van der Waals surface area contributed by atoms with Gasteiger partial charge in [-0.3, -0.25) is 9.59 Å². The Balaban J connectivity index is 1.71. The molecule has 23 heavy (non-hydrogen) atoms. The number of ether oxygens (including phenoxy) is 1. The maximum Gasteiger partial charge on any atom is 0.228 e. The van der Waals surface area contributed by atoms with Crippen LogP contribution in [0.15, 0.2) is 59.9 Å². The summed E-state index contributed by atoms with van der Waals surface area (Å²) in [6.07, 6.45) is 0. The first-order valence-corrected chi connectivity index (χ1v) is 7.58. The molecule has 0 atom stereocenters. The molecular weight excluding hydrogens is 314 g/mol. The molecule has 0 spiro atoms. The van der Waals surface area contributed by atoms with Crippen LogP contribution < -0.4 is 4.90 Å². The predicted octanol–water partition coefficient (Wildman–Crippen LogP) is 3.47. The maximum atomic E-state index is 12.7. The normalized spacial score (nSPS) is 16.8. The number of ketones is 2. The summed E-state index contributed by atoms with van der Waals surface area (Å²) in [5.74, 6) is -0.182. The molecule has 1 aliphatic heterocycles. The Morgan fingerprint density at radius 1 is 0.913 bits per heavy atom. The summed E-state index contributed by atoms with van der Waals surface area (Å²) in [5, 5.41) is 0.643. The highest BCUT2D eigenvalue weighted by Gasteiger charge is 2.36. The third-order valence-electron chi connectivity index (χ3n) is 4.08. The number of benzene rings is 2. The molecule has 2 aromatic carbocycles. The fraction of sp³-hybridized carbons (Fsp3) is 0.111. The van der Waals surface area contributed by atoms with Crippen molar-refractivity contribution < 1.29 is 14.3 Å². The molecule has 0 saturated carbocycles. The van der Waals surface area contributed by atoms with Crippen molar-refractivity contribution in [2.24, 2.45) is 0 Å². The molecule has 0 aromatic heterocycles. The smallest absolute Gasteiger partial charge is 0.228 e. The van der Waals surface area contributed by atoms with Gasteiger partial charge in [0.1, 0.15) is 0 Å². The van der Waals surface area contributed by atoms with Gasteiger partial charge in [0.05, 0.1) is 12.1 Å². The molecule has 0 unspecified atom stereocenters. The number of anilines is 1. The van der Waals surface area contributed by atoms with Gasteiger partial charge in [-0.25, -0.2) is 0 Å². The Kier molecular flexibility index (Phi) is 3.20. The van der Waals surface area contributed by atoms with E-state index in [-0.39, 0.29) is 24.1 Å². The van der Waals surface area contributed by atoms with E-state index in [1.165, 1.54) is 0 Å². The number of fused-ring (bicyclic) bond motifs is 1. The number of halogens is 1. The van der Waals surface area contributed by atoms with Crippen LogP contribution in [-0.4, -0.2) is 24.8 Å². The third kappa shape index (κ3) is 2.23. The van der Waals surface area contributed by atoms with Gasteiger partial charge in [-0.2, -0.15) is 0 Å². The molecule has 114 valence electrons. The second kappa shape index (κ2) is 5.25. The largest absolute Gasteiger partial charge is 0.468 e. The standard InChI is InChI=1S/C18H12ClNO3/c19-11-5-7-12(8-6-11)20-9-15-16(21)13-3-1-2-4-14(13)17(22)18(15)23-10-20/h1-8H,9-10H2. The topological polar surface area (TPSA) is 46.6 Å². The summed E-state index contributed by atoms with van der Waals surface area (Å²) in [6, 6.07) is 14.1. The third-order valence-corrected chi connectivity index (χ3v) is 4.33. The Morgan fingerprint density at radius 2 is 1.57 bits per heavy atom. The first kappa shape index (κ1) is 14.0. The summed E-state index contributed by atoms with van der Waals surface area (Å²) in [7, 11) is 0. The second-order valence-corrected chi connectivity index (χ2v) is 5.90. The highest BCUT2D eigenvalue weighted by atomic mass is 35.5. The lowest BCUT2D eigenvalue weighted by Gasteiger charge is -2.33. The number of rotatable bonds is 1. The Morgan fingerprint density at radius 3 is 2.26 bits per heavy atom. The fourth-order valence-corrected chi connectivity index (χ4v) is 3.02. The molecule has 1 aliphatic carbocycles. The van der Waals surface area contributed by atoms with Crippen molar-refractivity contribution >= 4 is 28.9 Å². The Labute approximate surface area is 137 Å². The summed E-state index contributed by atoms with van der Waals surface area (Å²) in [4.78, 5) is 27.1. The lowest BCUT2D eigenvalue weighted by molar-refractivity contribution is 0.0847. The molecule has 2 aromatic rings. The Hall–Kier alpha value is -2.59. The lowest BCUT2D eigenvalue weighted by Crippen LogP contribution is -2.39. The van der Waals surface area contributed by atoms with E-state index in [2.05, 4.69) is 0 Å². The second-order valence-electron chi connectivity index (χ2n) is 5.46. The number of hydrogen-bond donors (Lipinski definition) is 0. The Bertz CT molecular complexity index is 855. The van der Waals surface area contributed by atoms with Crippen LogP contribution >= 0.6 is 11.6 Å². The number of hydrogen-bond acceptors (Lipinski definition) is 4. The van der Waals surface area contributed by atoms with Gasteiger partial charge >= 0.3 is 0 Å². The maximum absolute atomic E-state index is 12.7. The first-order chi connectivity index (χ1) is 11.1. The predicted molar refractivity (Wildman–Crippen MR) is 86.9 cm³/mol. The summed E-state index contributed by atoms with van der Waals surface area (Å²) < 4.78 is 5.62. The van der Waals surface area contributed by atoms with E-state index < -0.39 is 0 Å². The SMILES string of the molecule is O=C1C2=C(OCN(c3ccc(Cl)cc3)C2)C(=O)c2ccccc21. The highest BCUT2D eigenvalue weighted by molar-refractivity contribution is 6.30. The van der Waals surface area contributed by atoms with Crippen molar-refractivity contribution in [3.8, 4) is 0 Å². The van der Waals surface area contributed by atoms with Gasteiger partial charge in [0.25, 0.3) is 0 Å². The zero-order valence-corrected chi connectivity index (χ0v) is 12.8. The van der Waals surface area contributed by atoms with Crippen molar-refractivity contribution in [3.05, 3.63) is 76.0 Å². The monoisotopic (exact) mass is 325 g/mol. The van der Waals surface area contributed by atoms with Gasteiger partial charge in [0.15, 0.2) is 18.3 Å². The molecule has 0 N–H and O–H groups in total. The first-order valence-electron chi connectivity index (χ1n) is 7.20. The van der Waals surface area contributed by atoms with Gasteiger partial charge in [0.2, 0.25) is 5.78 Å². The number of carbonyl (C=O) groups is 2. The summed E-state index contributed by atoms with van der Waals surface area (Å²) >= 11 is 5.90. The van der Waals surface area contributed by atoms with Gasteiger partial charge in [-0.05, 0) is 24.3 Å². The van der Waals surface area contributed by atoms with Crippen LogP contribution in [-0.2, 0) is 4.74 Å². The average Bonchev–Trinajstić information content (AvgIpc) is 2.60. The van der Waals surface area contributed by atoms with Crippen LogP contribution in [0.4, 0.5) is 5.69 Å². The molecule has 0 saturated heterocycles. The molecule has 4 rings (SSSR count). The van der Waals surface area contributed by atoms with E-state index in [9.17, 15) is 9.59 Å². The molecule has 0 radical (unpaired) electrons. The van der Waals surface area contributed by atoms with Crippen molar-refractivity contribution in [2.75, 3.05) is 18.2 Å². The molecular formula is C18H12ClNO3. The zero-order valence-electron chi connectivity index (χ0n) is 12.1. The quantitative estimate of drug-likeness (QED) is 0.805. The van der Waals surface area contributed by atoms with Crippen molar-refractivity contribution in [1.29, 1.82) is 0 Å². The van der Waals surface area contributed by atoms with E-state index in [1.54, 1.807) is 36.4 Å². The van der Waals surface area contributed by atoms with Crippen molar-refractivity contribution in [1.82, 2.24) is 0 Å². The van der Waals surface area contributed by atoms with E-state index in [4.69, 9.17) is 16.3 Å². The van der Waals surface area contributed by atoms with Crippen LogP contribution in [0.2, 0.25) is 5.02 Å². The van der Waals surface area contributed by atoms with E-state index in [0.717, 1.165) is 5.69 Å². The minimum atomic E-state index is -0.217. The molecule has 4 nitrogen and oxygen atoms in total. The van der Waals surface area contributed by atoms with E-state index in [1.807, 2.05) is 17.0 Å². The van der Waals surface area contributed by atoms with Crippen LogP contribution in [0.3, 0.4) is 0 Å². The van der Waals surface area contributed by atoms with Crippen LogP contribution in [0.1, 0.15) is 20.7 Å². The zero-order chi connectivity index (χ0) is 16.0. The minimum absolute atomic E-state index is 0.145. The fourth-order valence-electron chi connectivity index (χ4n) is 2.90. The van der Waals surface area contributed by atoms with Gasteiger partial charge in [0, 0.05) is 21.8 Å². The summed E-state index contributed by atoms with van der Waals surface area (Å²) in [5.41, 5.74) is 2.16. The molecule has 5 heteroatoms. The number of carbonyl (C=O) groups excluding carboxylic acids is 2. The van der Waals surface area contributed by atoms with Gasteiger partial charge in [-0.15, -0.1) is 0 Å². The van der Waals surface area contributed by atoms with Gasteiger partial charge in [-0.1, -0.05) is 35.9 Å². The molecule has 0 amide bonds. The highest BCUT2D eigenvalue weighted by Crippen LogP contribution is 2.32. The average molecular weight is 326 g/mol. The van der Waals surface area contributed by atoms with Crippen LogP contribution in [0.25, 0.3) is 0 Å². The number of allylic oxidation sites excluding steroid dienone is 1. The summed E-state index contributed by atoms with van der Waals surface area (Å²) in [6.45, 7) is 0.567. The lowest BCUT2D eigenvalue weighted by atomic mass is 9.87. The number of nitrogens with zero attached hydrogens (tertiary/aromatic N) is 1.